The predicted molar refractivity (Wildman–Crippen MR) is 92.5 cm³/mol. The normalized spacial score (nSPS) is 10.0. The summed E-state index contributed by atoms with van der Waals surface area (Å²) in [7, 11) is 0. The summed E-state index contributed by atoms with van der Waals surface area (Å²) < 4.78 is 4.86. The molecule has 0 saturated heterocycles. The zero-order valence-electron chi connectivity index (χ0n) is 13.8. The Balaban J connectivity index is 1.99. The van der Waals surface area contributed by atoms with Gasteiger partial charge in [0.15, 0.2) is 0 Å². The molecule has 3 N–H and O–H groups in total. The van der Waals surface area contributed by atoms with Gasteiger partial charge in [-0.2, -0.15) is 0 Å². The van der Waals surface area contributed by atoms with Crippen LogP contribution in [0.3, 0.4) is 0 Å². The molecule has 2 aromatic carbocycles. The molecule has 2 amide bonds. The second-order valence-corrected chi connectivity index (χ2v) is 5.21. The minimum atomic E-state index is -0.851. The van der Waals surface area contributed by atoms with Gasteiger partial charge in [0.05, 0.1) is 12.2 Å². The van der Waals surface area contributed by atoms with Crippen molar-refractivity contribution in [2.24, 2.45) is 0 Å². The summed E-state index contributed by atoms with van der Waals surface area (Å²) in [6.45, 7) is 3.68. The maximum Gasteiger partial charge on any atom is 0.338 e. The molecule has 0 unspecified atom stereocenters. The second kappa shape index (κ2) is 7.96. The Hall–Kier alpha value is -3.35. The number of carbonyl (C=O) groups excluding carboxylic acids is 3. The van der Waals surface area contributed by atoms with E-state index in [9.17, 15) is 19.5 Å². The van der Waals surface area contributed by atoms with Gasteiger partial charge in [0.2, 0.25) is 0 Å². The Kier molecular flexibility index (Phi) is 5.73. The fourth-order valence-electron chi connectivity index (χ4n) is 2.06. The average molecular weight is 342 g/mol. The van der Waals surface area contributed by atoms with Crippen molar-refractivity contribution < 1.29 is 24.2 Å². The Morgan fingerprint density at radius 2 is 1.64 bits per heavy atom. The molecular formula is C18H18N2O5. The van der Waals surface area contributed by atoms with Crippen LogP contribution in [0.4, 0.5) is 11.4 Å². The first-order valence-electron chi connectivity index (χ1n) is 7.60. The third kappa shape index (κ3) is 4.81. The smallest absolute Gasteiger partial charge is 0.338 e. The highest BCUT2D eigenvalue weighted by Crippen LogP contribution is 2.20. The number of nitrogens with one attached hydrogen (secondary N) is 2. The first kappa shape index (κ1) is 18.0. The van der Waals surface area contributed by atoms with Crippen molar-refractivity contribution in [2.75, 3.05) is 17.2 Å². The number of rotatable bonds is 4. The summed E-state index contributed by atoms with van der Waals surface area (Å²) >= 11 is 0. The molecule has 0 fully saturated rings. The summed E-state index contributed by atoms with van der Waals surface area (Å²) in [4.78, 5) is 35.5. The van der Waals surface area contributed by atoms with E-state index in [4.69, 9.17) is 4.74 Å². The molecule has 0 spiro atoms. The van der Waals surface area contributed by atoms with Gasteiger partial charge in [-0.15, -0.1) is 0 Å². The molecule has 0 bridgehead atoms. The zero-order valence-corrected chi connectivity index (χ0v) is 13.8. The summed E-state index contributed by atoms with van der Waals surface area (Å²) in [6.07, 6.45) is 0. The number of benzene rings is 2. The topological polar surface area (TPSA) is 105 Å². The molecule has 7 nitrogen and oxygen atoms in total. The molecule has 7 heteroatoms. The lowest BCUT2D eigenvalue weighted by Gasteiger charge is -2.09. The van der Waals surface area contributed by atoms with E-state index in [1.54, 1.807) is 13.8 Å². The van der Waals surface area contributed by atoms with Crippen molar-refractivity contribution in [3.05, 3.63) is 53.6 Å². The minimum Gasteiger partial charge on any atom is -0.508 e. The lowest BCUT2D eigenvalue weighted by Crippen LogP contribution is -2.29. The number of carbonyl (C=O) groups is 3. The van der Waals surface area contributed by atoms with Crippen LogP contribution in [0.5, 0.6) is 5.75 Å². The van der Waals surface area contributed by atoms with E-state index in [2.05, 4.69) is 10.6 Å². The molecule has 0 aromatic heterocycles. The molecular weight excluding hydrogens is 324 g/mol. The van der Waals surface area contributed by atoms with Crippen LogP contribution in [0.1, 0.15) is 22.8 Å². The number of ether oxygens (including phenoxy) is 1. The van der Waals surface area contributed by atoms with E-state index in [0.717, 1.165) is 0 Å². The summed E-state index contributed by atoms with van der Waals surface area (Å²) in [5.41, 5.74) is 1.77. The Morgan fingerprint density at radius 3 is 2.24 bits per heavy atom. The highest BCUT2D eigenvalue weighted by Gasteiger charge is 2.15. The number of amides is 2. The molecule has 0 saturated carbocycles. The zero-order chi connectivity index (χ0) is 18.4. The Bertz CT molecular complexity index is 800. The van der Waals surface area contributed by atoms with Crippen LogP contribution in [0.15, 0.2) is 42.5 Å². The van der Waals surface area contributed by atoms with Crippen molar-refractivity contribution in [2.45, 2.75) is 13.8 Å². The van der Waals surface area contributed by atoms with Crippen LogP contribution >= 0.6 is 0 Å². The van der Waals surface area contributed by atoms with E-state index in [-0.39, 0.29) is 12.4 Å². The second-order valence-electron chi connectivity index (χ2n) is 5.21. The number of anilines is 2. The lowest BCUT2D eigenvalue weighted by atomic mass is 10.2. The van der Waals surface area contributed by atoms with Crippen LogP contribution < -0.4 is 10.6 Å². The van der Waals surface area contributed by atoms with Gasteiger partial charge in [-0.05, 0) is 61.9 Å². The monoisotopic (exact) mass is 342 g/mol. The SMILES string of the molecule is CCOC(=O)c1ccc(NC(=O)C(=O)Nc2ccc(O)cc2C)cc1. The van der Waals surface area contributed by atoms with Gasteiger partial charge < -0.3 is 20.5 Å². The first-order valence-corrected chi connectivity index (χ1v) is 7.60. The fraction of sp³-hybridized carbons (Fsp3) is 0.167. The first-order chi connectivity index (χ1) is 11.9. The number of esters is 1. The molecule has 2 aromatic rings. The van der Waals surface area contributed by atoms with Crippen LogP contribution in [0.25, 0.3) is 0 Å². The molecule has 25 heavy (non-hydrogen) atoms. The quantitative estimate of drug-likeness (QED) is 0.450. The van der Waals surface area contributed by atoms with E-state index in [0.29, 0.717) is 22.5 Å². The molecule has 0 aliphatic rings. The Morgan fingerprint density at radius 1 is 1.00 bits per heavy atom. The number of phenols is 1. The number of aryl methyl sites for hydroxylation is 1. The Labute approximate surface area is 144 Å². The maximum atomic E-state index is 12.0. The van der Waals surface area contributed by atoms with Crippen molar-refractivity contribution >= 4 is 29.2 Å². The maximum absolute atomic E-state index is 12.0. The summed E-state index contributed by atoms with van der Waals surface area (Å²) in [6, 6.07) is 10.4. The molecule has 0 aliphatic carbocycles. The van der Waals surface area contributed by atoms with Gasteiger partial charge in [0.25, 0.3) is 0 Å². The van der Waals surface area contributed by atoms with E-state index >= 15 is 0 Å². The molecule has 0 heterocycles. The van der Waals surface area contributed by atoms with Gasteiger partial charge in [-0.1, -0.05) is 0 Å². The predicted octanol–water partition coefficient (Wildman–Crippen LogP) is 2.45. The number of hydrogen-bond acceptors (Lipinski definition) is 5. The van der Waals surface area contributed by atoms with Gasteiger partial charge in [0.1, 0.15) is 5.75 Å². The van der Waals surface area contributed by atoms with E-state index < -0.39 is 17.8 Å². The third-order valence-corrected chi connectivity index (χ3v) is 3.32. The van der Waals surface area contributed by atoms with E-state index in [1.807, 2.05) is 0 Å². The molecule has 0 radical (unpaired) electrons. The minimum absolute atomic E-state index is 0.0710. The standard InChI is InChI=1S/C18H18N2O5/c1-3-25-18(24)12-4-6-13(7-5-12)19-16(22)17(23)20-15-9-8-14(21)10-11(15)2/h4-10,21H,3H2,1-2H3,(H,19,22)(H,20,23). The number of aromatic hydroxyl groups is 1. The largest absolute Gasteiger partial charge is 0.508 e. The van der Waals surface area contributed by atoms with Gasteiger partial charge in [-0.3, -0.25) is 9.59 Å². The summed E-state index contributed by atoms with van der Waals surface area (Å²) in [5.74, 6) is -2.08. The van der Waals surface area contributed by atoms with Gasteiger partial charge in [-0.25, -0.2) is 4.79 Å². The number of hydrogen-bond donors (Lipinski definition) is 3. The average Bonchev–Trinajstić information content (AvgIpc) is 2.58. The number of phenolic OH excluding ortho intramolecular Hbond substituents is 1. The van der Waals surface area contributed by atoms with Crippen molar-refractivity contribution in [1.82, 2.24) is 0 Å². The van der Waals surface area contributed by atoms with Crippen LogP contribution in [0, 0.1) is 6.92 Å². The molecule has 2 rings (SSSR count). The van der Waals surface area contributed by atoms with Gasteiger partial charge >= 0.3 is 17.8 Å². The molecule has 0 aliphatic heterocycles. The van der Waals surface area contributed by atoms with Crippen LogP contribution in [-0.2, 0) is 14.3 Å². The van der Waals surface area contributed by atoms with Crippen molar-refractivity contribution in [3.63, 3.8) is 0 Å². The van der Waals surface area contributed by atoms with Gasteiger partial charge in [0, 0.05) is 11.4 Å². The fourth-order valence-corrected chi connectivity index (χ4v) is 2.06. The summed E-state index contributed by atoms with van der Waals surface area (Å²) in [5, 5.41) is 14.3. The molecule has 0 atom stereocenters. The highest BCUT2D eigenvalue weighted by atomic mass is 16.5. The van der Waals surface area contributed by atoms with Crippen molar-refractivity contribution in [3.8, 4) is 5.75 Å². The van der Waals surface area contributed by atoms with Crippen LogP contribution in [0.2, 0.25) is 0 Å². The third-order valence-electron chi connectivity index (χ3n) is 3.32. The molecule has 130 valence electrons. The highest BCUT2D eigenvalue weighted by molar-refractivity contribution is 6.43. The van der Waals surface area contributed by atoms with Crippen molar-refractivity contribution in [1.29, 1.82) is 0 Å². The van der Waals surface area contributed by atoms with E-state index in [1.165, 1.54) is 42.5 Å². The van der Waals surface area contributed by atoms with Crippen LogP contribution in [-0.4, -0.2) is 29.5 Å². The lowest BCUT2D eigenvalue weighted by molar-refractivity contribution is -0.133.